The van der Waals surface area contributed by atoms with Gasteiger partial charge in [0.15, 0.2) is 5.82 Å². The number of aryl methyl sites for hydroxylation is 1. The summed E-state index contributed by atoms with van der Waals surface area (Å²) < 4.78 is 20.2. The van der Waals surface area contributed by atoms with Crippen molar-refractivity contribution in [3.63, 3.8) is 0 Å². The molecule has 1 aliphatic heterocycles. The van der Waals surface area contributed by atoms with Crippen molar-refractivity contribution in [2.24, 2.45) is 0 Å². The molecule has 0 spiro atoms. The summed E-state index contributed by atoms with van der Waals surface area (Å²) in [6, 6.07) is 12.9. The third kappa shape index (κ3) is 7.16. The van der Waals surface area contributed by atoms with Crippen LogP contribution in [0.25, 0.3) is 11.1 Å². The van der Waals surface area contributed by atoms with E-state index in [0.717, 1.165) is 48.2 Å². The number of nitrogens with two attached hydrogens (primary N) is 1. The van der Waals surface area contributed by atoms with Crippen LogP contribution in [0, 0.1) is 12.7 Å². The molecule has 1 saturated heterocycles. The van der Waals surface area contributed by atoms with Gasteiger partial charge in [0.2, 0.25) is 0 Å². The molecule has 1 aromatic heterocycles. The molecule has 1 aliphatic rings. The maximum atomic E-state index is 14.7. The fourth-order valence-corrected chi connectivity index (χ4v) is 4.29. The number of likely N-dealkylation sites (tertiary alicyclic amines) is 1. The lowest BCUT2D eigenvalue weighted by molar-refractivity contribution is 0.251. The summed E-state index contributed by atoms with van der Waals surface area (Å²) in [6.45, 7) is 7.37. The summed E-state index contributed by atoms with van der Waals surface area (Å²) in [6.07, 6.45) is 4.27. The van der Waals surface area contributed by atoms with Gasteiger partial charge in [-0.05, 0) is 62.0 Å². The van der Waals surface area contributed by atoms with Crippen LogP contribution in [0.2, 0.25) is 0 Å². The summed E-state index contributed by atoms with van der Waals surface area (Å²) in [4.78, 5) is 23.1. The number of carbonyl (C=O) groups is 1. The van der Waals surface area contributed by atoms with Crippen LogP contribution in [0.3, 0.4) is 0 Å². The fourth-order valence-electron chi connectivity index (χ4n) is 4.29. The number of rotatable bonds is 10. The molecule has 0 saturated carbocycles. The average Bonchev–Trinajstić information content (AvgIpc) is 3.40. The molecule has 9 heteroatoms. The Morgan fingerprint density at radius 3 is 2.51 bits per heavy atom. The van der Waals surface area contributed by atoms with E-state index in [2.05, 4.69) is 32.4 Å². The Kier molecular flexibility index (Phi) is 8.90. The number of halogens is 1. The van der Waals surface area contributed by atoms with Crippen molar-refractivity contribution in [1.82, 2.24) is 20.2 Å². The van der Waals surface area contributed by atoms with Crippen molar-refractivity contribution in [3.05, 3.63) is 65.1 Å². The second-order valence-electron chi connectivity index (χ2n) is 9.35. The van der Waals surface area contributed by atoms with Gasteiger partial charge in [0.05, 0.1) is 12.3 Å². The van der Waals surface area contributed by atoms with E-state index in [0.29, 0.717) is 31.1 Å². The average molecular weight is 507 g/mol. The van der Waals surface area contributed by atoms with E-state index < -0.39 is 6.03 Å². The van der Waals surface area contributed by atoms with Crippen LogP contribution in [-0.2, 0) is 13.1 Å². The van der Waals surface area contributed by atoms with Gasteiger partial charge in [-0.25, -0.2) is 9.18 Å². The van der Waals surface area contributed by atoms with Gasteiger partial charge in [-0.3, -0.25) is 4.90 Å². The van der Waals surface area contributed by atoms with E-state index in [1.165, 1.54) is 12.8 Å². The second kappa shape index (κ2) is 12.5. The van der Waals surface area contributed by atoms with Gasteiger partial charge in [0.25, 0.3) is 0 Å². The molecule has 4 N–H and O–H groups in total. The number of hydrogen-bond acceptors (Lipinski definition) is 6. The lowest BCUT2D eigenvalue weighted by atomic mass is 10.0. The van der Waals surface area contributed by atoms with Crippen LogP contribution >= 0.6 is 0 Å². The molecule has 0 bridgehead atoms. The van der Waals surface area contributed by atoms with Gasteiger partial charge >= 0.3 is 12.0 Å². The maximum absolute atomic E-state index is 14.7. The number of unbranched alkanes of at least 4 members (excludes halogenated alkanes) is 1. The first-order valence-corrected chi connectivity index (χ1v) is 12.8. The van der Waals surface area contributed by atoms with Crippen LogP contribution < -0.4 is 21.1 Å². The standard InChI is InChI=1S/C28H35FN6O2/c1-3-4-15-37-28-32-19(2)25(26(30)34-28)33-27(36)31-17-20-7-9-21(10-8-20)22-11-12-23(24(29)16-22)18-35-13-5-6-14-35/h7-12,16H,3-6,13-15,17-18H2,1-2H3,(H2,30,32,34)(H2,31,33,36). The van der Waals surface area contributed by atoms with Gasteiger partial charge in [-0.2, -0.15) is 9.97 Å². The van der Waals surface area contributed by atoms with Crippen molar-refractivity contribution in [2.75, 3.05) is 30.7 Å². The highest BCUT2D eigenvalue weighted by molar-refractivity contribution is 5.92. The second-order valence-corrected chi connectivity index (χ2v) is 9.35. The molecule has 196 valence electrons. The number of anilines is 2. The minimum absolute atomic E-state index is 0.150. The molecule has 3 aromatic rings. The lowest BCUT2D eigenvalue weighted by Gasteiger charge is -2.15. The summed E-state index contributed by atoms with van der Waals surface area (Å²) in [5.41, 5.74) is 10.3. The van der Waals surface area contributed by atoms with E-state index in [9.17, 15) is 9.18 Å². The smallest absolute Gasteiger partial charge is 0.319 e. The number of amides is 2. The monoisotopic (exact) mass is 506 g/mol. The Hall–Kier alpha value is -3.72. The summed E-state index contributed by atoms with van der Waals surface area (Å²) >= 11 is 0. The summed E-state index contributed by atoms with van der Waals surface area (Å²) in [5.74, 6) is -0.0249. The molecule has 0 radical (unpaired) electrons. The number of nitrogen functional groups attached to an aromatic ring is 1. The molecular weight excluding hydrogens is 471 g/mol. The van der Waals surface area contributed by atoms with Gasteiger partial charge in [-0.15, -0.1) is 0 Å². The highest BCUT2D eigenvalue weighted by atomic mass is 19.1. The van der Waals surface area contributed by atoms with Crippen LogP contribution in [0.4, 0.5) is 20.7 Å². The third-order valence-corrected chi connectivity index (χ3v) is 6.45. The molecule has 2 aromatic carbocycles. The normalized spacial score (nSPS) is 13.5. The number of benzene rings is 2. The Morgan fingerprint density at radius 1 is 1.11 bits per heavy atom. The summed E-state index contributed by atoms with van der Waals surface area (Å²) in [5, 5.41) is 5.53. The molecule has 0 unspecified atom stereocenters. The van der Waals surface area contributed by atoms with Crippen molar-refractivity contribution < 1.29 is 13.9 Å². The molecule has 4 rings (SSSR count). The van der Waals surface area contributed by atoms with Gasteiger partial charge in [-0.1, -0.05) is 49.7 Å². The minimum Gasteiger partial charge on any atom is -0.463 e. The summed E-state index contributed by atoms with van der Waals surface area (Å²) in [7, 11) is 0. The largest absolute Gasteiger partial charge is 0.463 e. The highest BCUT2D eigenvalue weighted by Gasteiger charge is 2.15. The lowest BCUT2D eigenvalue weighted by Crippen LogP contribution is -2.29. The van der Waals surface area contributed by atoms with Crippen molar-refractivity contribution >= 4 is 17.5 Å². The Balaban J connectivity index is 1.31. The number of urea groups is 1. The van der Waals surface area contributed by atoms with Crippen LogP contribution in [-0.4, -0.2) is 40.6 Å². The number of hydrogen-bond donors (Lipinski definition) is 3. The van der Waals surface area contributed by atoms with Gasteiger partial charge < -0.3 is 21.1 Å². The molecule has 0 aliphatic carbocycles. The first-order chi connectivity index (χ1) is 17.9. The van der Waals surface area contributed by atoms with Crippen LogP contribution in [0.5, 0.6) is 6.01 Å². The number of nitrogens with one attached hydrogen (secondary N) is 2. The highest BCUT2D eigenvalue weighted by Crippen LogP contribution is 2.25. The molecule has 37 heavy (non-hydrogen) atoms. The first kappa shape index (κ1) is 26.3. The molecule has 2 amide bonds. The molecular formula is C28H35FN6O2. The number of carbonyl (C=O) groups excluding carboxylic acids is 1. The van der Waals surface area contributed by atoms with E-state index in [4.69, 9.17) is 10.5 Å². The Bertz CT molecular complexity index is 1190. The van der Waals surface area contributed by atoms with Crippen LogP contribution in [0.1, 0.15) is 49.4 Å². The van der Waals surface area contributed by atoms with Crippen LogP contribution in [0.15, 0.2) is 42.5 Å². The first-order valence-electron chi connectivity index (χ1n) is 12.8. The molecule has 8 nitrogen and oxygen atoms in total. The zero-order valence-corrected chi connectivity index (χ0v) is 21.5. The number of nitrogens with zero attached hydrogens (tertiary/aromatic N) is 3. The quantitative estimate of drug-likeness (QED) is 0.324. The maximum Gasteiger partial charge on any atom is 0.319 e. The van der Waals surface area contributed by atoms with Crippen molar-refractivity contribution in [3.8, 4) is 17.1 Å². The van der Waals surface area contributed by atoms with Crippen molar-refractivity contribution in [1.29, 1.82) is 0 Å². The predicted octanol–water partition coefficient (Wildman–Crippen LogP) is 5.27. The molecule has 1 fully saturated rings. The molecule has 0 atom stereocenters. The third-order valence-electron chi connectivity index (χ3n) is 6.45. The van der Waals surface area contributed by atoms with Gasteiger partial charge in [0, 0.05) is 18.7 Å². The Morgan fingerprint density at radius 2 is 1.84 bits per heavy atom. The molecule has 2 heterocycles. The zero-order chi connectivity index (χ0) is 26.2. The van der Waals surface area contributed by atoms with E-state index in [1.54, 1.807) is 13.0 Å². The fraction of sp³-hybridized carbons (Fsp3) is 0.393. The van der Waals surface area contributed by atoms with Gasteiger partial charge in [0.1, 0.15) is 11.5 Å². The van der Waals surface area contributed by atoms with E-state index in [1.807, 2.05) is 36.4 Å². The number of ether oxygens (including phenoxy) is 1. The van der Waals surface area contributed by atoms with E-state index in [-0.39, 0.29) is 17.6 Å². The minimum atomic E-state index is -0.419. The Labute approximate surface area is 217 Å². The predicted molar refractivity (Wildman–Crippen MR) is 144 cm³/mol. The SMILES string of the molecule is CCCCOc1nc(C)c(NC(=O)NCc2ccc(-c3ccc(CN4CCCC4)c(F)c3)cc2)c(N)n1. The number of aromatic nitrogens is 2. The van der Waals surface area contributed by atoms with Crippen molar-refractivity contribution in [2.45, 2.75) is 52.6 Å². The zero-order valence-electron chi connectivity index (χ0n) is 21.5. The topological polar surface area (TPSA) is 105 Å². The van der Waals surface area contributed by atoms with E-state index >= 15 is 0 Å².